The predicted molar refractivity (Wildman–Crippen MR) is 41.4 cm³/mol. The van der Waals surface area contributed by atoms with E-state index in [4.69, 9.17) is 0 Å². The molecule has 1 heterocycles. The normalized spacial score (nSPS) is 19.1. The Balaban J connectivity index is 2.69. The lowest BCUT2D eigenvalue weighted by Crippen LogP contribution is -2.23. The summed E-state index contributed by atoms with van der Waals surface area (Å²) in [4.78, 5) is 1.98. The van der Waals surface area contributed by atoms with Gasteiger partial charge in [-0.1, -0.05) is 6.58 Å². The third kappa shape index (κ3) is 1.21. The zero-order chi connectivity index (χ0) is 6.85. The Morgan fingerprint density at radius 2 is 2.22 bits per heavy atom. The van der Waals surface area contributed by atoms with Crippen LogP contribution in [0.4, 0.5) is 0 Å². The Kier molecular flexibility index (Phi) is 1.71. The van der Waals surface area contributed by atoms with Gasteiger partial charge in [0.05, 0.1) is 0 Å². The Morgan fingerprint density at radius 3 is 2.67 bits per heavy atom. The zero-order valence-corrected chi connectivity index (χ0v) is 6.48. The van der Waals surface area contributed by atoms with Gasteiger partial charge in [0.15, 0.2) is 0 Å². The molecule has 0 bridgehead atoms. The van der Waals surface area contributed by atoms with Gasteiger partial charge >= 0.3 is 0 Å². The highest BCUT2D eigenvalue weighted by atomic mass is 32.2. The van der Waals surface area contributed by atoms with Crippen LogP contribution < -0.4 is 0 Å². The van der Waals surface area contributed by atoms with Gasteiger partial charge in [-0.25, -0.2) is 0 Å². The summed E-state index contributed by atoms with van der Waals surface area (Å²) in [5, 5.41) is 2.02. The van der Waals surface area contributed by atoms with Gasteiger partial charge < -0.3 is 9.21 Å². The van der Waals surface area contributed by atoms with E-state index in [1.165, 1.54) is 0 Å². The SMILES string of the molecule is C=C1N(C)C=CSN1C. The molecular formula is C6H10N2S. The van der Waals surface area contributed by atoms with Crippen LogP contribution in [0.25, 0.3) is 0 Å². The molecule has 0 atom stereocenters. The largest absolute Gasteiger partial charge is 0.337 e. The first-order chi connectivity index (χ1) is 4.22. The van der Waals surface area contributed by atoms with Gasteiger partial charge in [0, 0.05) is 25.7 Å². The highest BCUT2D eigenvalue weighted by Crippen LogP contribution is 2.21. The van der Waals surface area contributed by atoms with Crippen LogP contribution in [-0.4, -0.2) is 23.3 Å². The second-order valence-electron chi connectivity index (χ2n) is 1.92. The lowest BCUT2D eigenvalue weighted by molar-refractivity contribution is 0.447. The smallest absolute Gasteiger partial charge is 0.110 e. The highest BCUT2D eigenvalue weighted by molar-refractivity contribution is 8.00. The molecule has 0 amide bonds. The maximum absolute atomic E-state index is 3.86. The van der Waals surface area contributed by atoms with Crippen LogP contribution in [0.3, 0.4) is 0 Å². The van der Waals surface area contributed by atoms with Crippen LogP contribution in [0.2, 0.25) is 0 Å². The molecule has 1 rings (SSSR count). The van der Waals surface area contributed by atoms with Crippen LogP contribution >= 0.6 is 11.9 Å². The molecule has 0 aromatic carbocycles. The third-order valence-electron chi connectivity index (χ3n) is 1.27. The topological polar surface area (TPSA) is 6.48 Å². The predicted octanol–water partition coefficient (Wildman–Crippen LogP) is 1.45. The van der Waals surface area contributed by atoms with Gasteiger partial charge in [0.25, 0.3) is 0 Å². The molecule has 0 aromatic heterocycles. The van der Waals surface area contributed by atoms with Crippen LogP contribution in [-0.2, 0) is 0 Å². The molecule has 0 N–H and O–H groups in total. The van der Waals surface area contributed by atoms with Crippen LogP contribution in [0, 0.1) is 0 Å². The molecule has 9 heavy (non-hydrogen) atoms. The molecule has 1 aliphatic rings. The molecular weight excluding hydrogens is 132 g/mol. The first-order valence-electron chi connectivity index (χ1n) is 2.71. The average Bonchev–Trinajstić information content (AvgIpc) is 1.83. The molecule has 0 spiro atoms. The van der Waals surface area contributed by atoms with Crippen molar-refractivity contribution >= 4 is 11.9 Å². The van der Waals surface area contributed by atoms with Gasteiger partial charge in [0.1, 0.15) is 5.82 Å². The van der Waals surface area contributed by atoms with Crippen molar-refractivity contribution in [3.63, 3.8) is 0 Å². The van der Waals surface area contributed by atoms with E-state index in [1.807, 2.05) is 34.9 Å². The zero-order valence-electron chi connectivity index (χ0n) is 5.66. The fourth-order valence-electron chi connectivity index (χ4n) is 0.579. The molecule has 0 unspecified atom stereocenters. The number of hydrogen-bond acceptors (Lipinski definition) is 3. The van der Waals surface area contributed by atoms with E-state index >= 15 is 0 Å². The van der Waals surface area contributed by atoms with E-state index in [9.17, 15) is 0 Å². The van der Waals surface area contributed by atoms with Gasteiger partial charge in [-0.15, -0.1) is 0 Å². The quantitative estimate of drug-likeness (QED) is 0.473. The van der Waals surface area contributed by atoms with Crippen LogP contribution in [0.15, 0.2) is 24.0 Å². The van der Waals surface area contributed by atoms with E-state index in [0.29, 0.717) is 0 Å². The molecule has 2 nitrogen and oxygen atoms in total. The lowest BCUT2D eigenvalue weighted by Gasteiger charge is -2.28. The van der Waals surface area contributed by atoms with E-state index in [0.717, 1.165) is 5.82 Å². The maximum Gasteiger partial charge on any atom is 0.110 e. The lowest BCUT2D eigenvalue weighted by atomic mass is 10.6. The van der Waals surface area contributed by atoms with E-state index < -0.39 is 0 Å². The molecule has 0 aromatic rings. The highest BCUT2D eigenvalue weighted by Gasteiger charge is 2.07. The summed E-state index contributed by atoms with van der Waals surface area (Å²) >= 11 is 1.64. The molecule has 3 heteroatoms. The van der Waals surface area contributed by atoms with Crippen molar-refractivity contribution in [1.29, 1.82) is 0 Å². The molecule has 1 aliphatic heterocycles. The Labute approximate surface area is 60.0 Å². The first kappa shape index (κ1) is 6.55. The van der Waals surface area contributed by atoms with Crippen molar-refractivity contribution in [2.24, 2.45) is 0 Å². The number of nitrogens with zero attached hydrogens (tertiary/aromatic N) is 2. The fraction of sp³-hybridized carbons (Fsp3) is 0.333. The molecule has 50 valence electrons. The van der Waals surface area contributed by atoms with Crippen molar-refractivity contribution in [2.75, 3.05) is 14.1 Å². The maximum atomic E-state index is 3.86. The van der Waals surface area contributed by atoms with Crippen molar-refractivity contribution in [3.05, 3.63) is 24.0 Å². The Morgan fingerprint density at radius 1 is 1.56 bits per heavy atom. The molecule has 0 fully saturated rings. The Hall–Kier alpha value is -0.570. The summed E-state index contributed by atoms with van der Waals surface area (Å²) in [6.07, 6.45) is 1.99. The average molecular weight is 142 g/mol. The summed E-state index contributed by atoms with van der Waals surface area (Å²) in [6, 6.07) is 0. The van der Waals surface area contributed by atoms with Crippen molar-refractivity contribution in [2.45, 2.75) is 0 Å². The van der Waals surface area contributed by atoms with E-state index in [-0.39, 0.29) is 0 Å². The Bertz CT molecular complexity index is 153. The second-order valence-corrected chi connectivity index (χ2v) is 2.95. The molecule has 0 saturated carbocycles. The van der Waals surface area contributed by atoms with Gasteiger partial charge in [-0.2, -0.15) is 0 Å². The van der Waals surface area contributed by atoms with Crippen LogP contribution in [0.1, 0.15) is 0 Å². The summed E-state index contributed by atoms with van der Waals surface area (Å²) in [5.74, 6) is 1.02. The summed E-state index contributed by atoms with van der Waals surface area (Å²) in [5.41, 5.74) is 0. The van der Waals surface area contributed by atoms with Gasteiger partial charge in [-0.05, 0) is 11.9 Å². The molecule has 0 aliphatic carbocycles. The summed E-state index contributed by atoms with van der Waals surface area (Å²) in [7, 11) is 3.97. The first-order valence-corrected chi connectivity index (χ1v) is 3.54. The standard InChI is InChI=1S/C6H10N2S/c1-6-7(2)4-5-9-8(6)3/h4-5H,1H2,2-3H3. The minimum absolute atomic E-state index is 1.02. The minimum atomic E-state index is 1.02. The molecule has 0 radical (unpaired) electrons. The third-order valence-corrected chi connectivity index (χ3v) is 2.04. The van der Waals surface area contributed by atoms with Gasteiger partial charge in [0.2, 0.25) is 0 Å². The monoisotopic (exact) mass is 142 g/mol. The second kappa shape index (κ2) is 2.35. The van der Waals surface area contributed by atoms with Crippen molar-refractivity contribution in [1.82, 2.24) is 9.21 Å². The van der Waals surface area contributed by atoms with Crippen molar-refractivity contribution in [3.8, 4) is 0 Å². The number of rotatable bonds is 0. The van der Waals surface area contributed by atoms with E-state index in [2.05, 4.69) is 6.58 Å². The summed E-state index contributed by atoms with van der Waals surface area (Å²) in [6.45, 7) is 3.86. The minimum Gasteiger partial charge on any atom is -0.337 e. The number of hydrogen-bond donors (Lipinski definition) is 0. The molecule has 0 saturated heterocycles. The fourth-order valence-corrected chi connectivity index (χ4v) is 1.25. The van der Waals surface area contributed by atoms with Gasteiger partial charge in [-0.3, -0.25) is 0 Å². The van der Waals surface area contributed by atoms with Crippen molar-refractivity contribution < 1.29 is 0 Å². The van der Waals surface area contributed by atoms with Crippen LogP contribution in [0.5, 0.6) is 0 Å². The van der Waals surface area contributed by atoms with E-state index in [1.54, 1.807) is 11.9 Å². The summed E-state index contributed by atoms with van der Waals surface area (Å²) < 4.78 is 2.01.